The second kappa shape index (κ2) is 10.5. The van der Waals surface area contributed by atoms with Gasteiger partial charge in [0.25, 0.3) is 0 Å². The van der Waals surface area contributed by atoms with Crippen molar-refractivity contribution in [2.75, 3.05) is 19.7 Å². The van der Waals surface area contributed by atoms with Crippen LogP contribution in [0.3, 0.4) is 0 Å². The molecule has 0 aromatic rings. The molecule has 4 rings (SSSR count). The average Bonchev–Trinajstić information content (AvgIpc) is 3.13. The molecule has 6 atom stereocenters. The largest absolute Gasteiger partial charge is 0.397 e. The quantitative estimate of drug-likeness (QED) is 0.514. The van der Waals surface area contributed by atoms with E-state index < -0.39 is 23.8 Å². The number of hydrogen-bond acceptors (Lipinski definition) is 9. The van der Waals surface area contributed by atoms with E-state index in [0.717, 1.165) is 11.4 Å². The fraction of sp³-hybridized carbons (Fsp3) is 0.900. The molecule has 0 aromatic heterocycles. The molecule has 9 nitrogen and oxygen atoms in total. The Bertz CT molecular complexity index is 574. The van der Waals surface area contributed by atoms with Gasteiger partial charge in [-0.25, -0.2) is 0 Å². The molecule has 176 valence electrons. The molecule has 0 aliphatic carbocycles. The first-order valence-corrected chi connectivity index (χ1v) is 10.1. The first-order chi connectivity index (χ1) is 13.4. The number of aliphatic imine (C=N–C) groups is 2. The number of rotatable bonds is 0. The number of hydrogen-bond donors (Lipinski definition) is 3. The van der Waals surface area contributed by atoms with Crippen molar-refractivity contribution in [2.45, 2.75) is 96.7 Å². The van der Waals surface area contributed by atoms with E-state index in [1.54, 1.807) is 6.92 Å². The maximum Gasteiger partial charge on any atom is 0.164 e. The summed E-state index contributed by atoms with van der Waals surface area (Å²) in [6.45, 7) is 14.0. The van der Waals surface area contributed by atoms with E-state index in [9.17, 15) is 10.2 Å². The fourth-order valence-corrected chi connectivity index (χ4v) is 3.65. The van der Waals surface area contributed by atoms with E-state index in [4.69, 9.17) is 24.1 Å². The van der Waals surface area contributed by atoms with Crippen LogP contribution in [0, 0.1) is 0 Å². The first kappa shape index (κ1) is 27.0. The Kier molecular flexibility index (Phi) is 9.49. The van der Waals surface area contributed by atoms with Gasteiger partial charge in [0.1, 0.15) is 36.6 Å². The molecule has 0 aromatic carbocycles. The molecule has 4 aliphatic rings. The second-order valence-corrected chi connectivity index (χ2v) is 8.46. The third-order valence-electron chi connectivity index (χ3n) is 4.90. The minimum atomic E-state index is -0.600. The number of aliphatic hydroxyl groups excluding tert-OH is 3. The molecule has 30 heavy (non-hydrogen) atoms. The van der Waals surface area contributed by atoms with Crippen LogP contribution in [0.2, 0.25) is 0 Å². The molecule has 10 heteroatoms. The lowest BCUT2D eigenvalue weighted by molar-refractivity contribution is -0.151. The summed E-state index contributed by atoms with van der Waals surface area (Å²) in [6, 6.07) is 0. The third-order valence-corrected chi connectivity index (χ3v) is 4.90. The SMILES string of the molecule is CC1=NC[C@H](O)[C@H]2OC(C)(C)O[C@@H]12.CC1=NC[C@H](O)[C@H]2OC(C)(C)O[C@@H]12.CCO.F. The van der Waals surface area contributed by atoms with Gasteiger partial charge in [-0.15, -0.1) is 0 Å². The Morgan fingerprint density at radius 2 is 1.10 bits per heavy atom. The zero-order valence-electron chi connectivity index (χ0n) is 18.9. The number of aliphatic hydroxyl groups is 3. The molecule has 0 spiro atoms. The summed E-state index contributed by atoms with van der Waals surface area (Å²) in [5.74, 6) is -1.20. The van der Waals surface area contributed by atoms with Crippen LogP contribution in [0.15, 0.2) is 9.98 Å². The molecule has 2 fully saturated rings. The first-order valence-electron chi connectivity index (χ1n) is 10.1. The number of fused-ring (bicyclic) bond motifs is 2. The molecule has 4 aliphatic heterocycles. The topological polar surface area (TPSA) is 122 Å². The molecule has 0 unspecified atom stereocenters. The van der Waals surface area contributed by atoms with Gasteiger partial charge in [0.15, 0.2) is 11.6 Å². The van der Waals surface area contributed by atoms with Gasteiger partial charge in [0.2, 0.25) is 0 Å². The average molecular weight is 437 g/mol. The maximum absolute atomic E-state index is 9.62. The van der Waals surface area contributed by atoms with Gasteiger partial charge in [-0.2, -0.15) is 0 Å². The molecule has 4 heterocycles. The van der Waals surface area contributed by atoms with Crippen molar-refractivity contribution < 1.29 is 39.0 Å². The zero-order chi connectivity index (χ0) is 22.0. The lowest BCUT2D eigenvalue weighted by atomic mass is 10.0. The smallest absolute Gasteiger partial charge is 0.164 e. The zero-order valence-corrected chi connectivity index (χ0v) is 18.9. The van der Waals surface area contributed by atoms with E-state index in [2.05, 4.69) is 9.98 Å². The predicted octanol–water partition coefficient (Wildman–Crippen LogP) is 0.835. The summed E-state index contributed by atoms with van der Waals surface area (Å²) in [7, 11) is 0. The summed E-state index contributed by atoms with van der Waals surface area (Å²) in [5.41, 5.74) is 1.83. The highest BCUT2D eigenvalue weighted by Crippen LogP contribution is 2.33. The number of nitrogens with zero attached hydrogens (tertiary/aromatic N) is 2. The Labute approximate surface area is 177 Å². The van der Waals surface area contributed by atoms with Crippen LogP contribution < -0.4 is 0 Å². The van der Waals surface area contributed by atoms with Crippen LogP contribution in [0.4, 0.5) is 4.70 Å². The summed E-state index contributed by atoms with van der Waals surface area (Å²) in [4.78, 5) is 8.36. The van der Waals surface area contributed by atoms with Crippen LogP contribution in [-0.2, 0) is 18.9 Å². The lowest BCUT2D eigenvalue weighted by Crippen LogP contribution is -2.44. The van der Waals surface area contributed by atoms with Crippen LogP contribution in [-0.4, -0.2) is 94.6 Å². The number of halogens is 1. The van der Waals surface area contributed by atoms with Gasteiger partial charge in [-0.1, -0.05) is 0 Å². The van der Waals surface area contributed by atoms with Gasteiger partial charge in [-0.3, -0.25) is 14.7 Å². The monoisotopic (exact) mass is 436 g/mol. The van der Waals surface area contributed by atoms with Gasteiger partial charge in [0.05, 0.1) is 13.1 Å². The molecule has 3 N–H and O–H groups in total. The van der Waals surface area contributed by atoms with E-state index in [1.165, 1.54) is 0 Å². The van der Waals surface area contributed by atoms with Gasteiger partial charge in [-0.05, 0) is 48.5 Å². The van der Waals surface area contributed by atoms with Crippen molar-refractivity contribution in [2.24, 2.45) is 9.98 Å². The summed E-state index contributed by atoms with van der Waals surface area (Å²) >= 11 is 0. The highest BCUT2D eigenvalue weighted by Gasteiger charge is 2.48. The fourth-order valence-electron chi connectivity index (χ4n) is 3.65. The van der Waals surface area contributed by atoms with Crippen molar-refractivity contribution >= 4 is 11.4 Å². The molecular formula is C20H37FN2O7. The Morgan fingerprint density at radius 1 is 0.800 bits per heavy atom. The summed E-state index contributed by atoms with van der Waals surface area (Å²) in [6.07, 6.45) is -1.89. The van der Waals surface area contributed by atoms with Crippen molar-refractivity contribution in [1.29, 1.82) is 0 Å². The van der Waals surface area contributed by atoms with Crippen LogP contribution >= 0.6 is 0 Å². The van der Waals surface area contributed by atoms with Gasteiger partial charge in [0, 0.05) is 18.0 Å². The molecule has 0 radical (unpaired) electrons. The summed E-state index contributed by atoms with van der Waals surface area (Å²) < 4.78 is 22.4. The van der Waals surface area contributed by atoms with Crippen molar-refractivity contribution in [3.8, 4) is 0 Å². The minimum absolute atomic E-state index is 0. The second-order valence-electron chi connectivity index (χ2n) is 8.46. The summed E-state index contributed by atoms with van der Waals surface area (Å²) in [5, 5.41) is 26.8. The normalized spacial score (nSPS) is 37.7. The maximum atomic E-state index is 9.62. The van der Waals surface area contributed by atoms with E-state index in [0.29, 0.717) is 13.1 Å². The minimum Gasteiger partial charge on any atom is -0.397 e. The molecule has 0 bridgehead atoms. The van der Waals surface area contributed by atoms with Crippen LogP contribution in [0.25, 0.3) is 0 Å². The molecular weight excluding hydrogens is 399 g/mol. The Hall–Kier alpha value is -1.01. The highest BCUT2D eigenvalue weighted by atomic mass is 19.0. The van der Waals surface area contributed by atoms with E-state index in [1.807, 2.05) is 41.5 Å². The van der Waals surface area contributed by atoms with Crippen molar-refractivity contribution in [3.63, 3.8) is 0 Å². The predicted molar refractivity (Wildman–Crippen MR) is 111 cm³/mol. The van der Waals surface area contributed by atoms with E-state index >= 15 is 0 Å². The lowest BCUT2D eigenvalue weighted by Gasteiger charge is -2.25. The Morgan fingerprint density at radius 3 is 1.37 bits per heavy atom. The Balaban J connectivity index is 0.000000258. The van der Waals surface area contributed by atoms with Crippen LogP contribution in [0.1, 0.15) is 48.5 Å². The standard InChI is InChI=1S/2C9H15NO3.C2H6O.FH/c2*1-5-7-8(6(11)4-10-5)13-9(2,3)12-7;1-2-3;/h2*6-8,11H,4H2,1-3H3;3H,2H2,1H3;1H/t2*6-,7-,8+;;/m00../s1. The van der Waals surface area contributed by atoms with Gasteiger partial charge >= 0.3 is 0 Å². The van der Waals surface area contributed by atoms with Crippen molar-refractivity contribution in [3.05, 3.63) is 0 Å². The van der Waals surface area contributed by atoms with Crippen LogP contribution in [0.5, 0.6) is 0 Å². The molecule has 0 amide bonds. The van der Waals surface area contributed by atoms with Crippen molar-refractivity contribution in [1.82, 2.24) is 0 Å². The molecule has 0 saturated carbocycles. The number of ether oxygens (including phenoxy) is 4. The highest BCUT2D eigenvalue weighted by molar-refractivity contribution is 5.88. The third kappa shape index (κ3) is 6.49. The van der Waals surface area contributed by atoms with E-state index in [-0.39, 0.29) is 35.7 Å². The van der Waals surface area contributed by atoms with Gasteiger partial charge < -0.3 is 34.3 Å². The molecule has 2 saturated heterocycles.